The van der Waals surface area contributed by atoms with Crippen molar-refractivity contribution in [2.75, 3.05) is 5.32 Å². The number of thiazole rings is 1. The van der Waals surface area contributed by atoms with E-state index in [0.29, 0.717) is 0 Å². The molecule has 2 rings (SSSR count). The lowest BCUT2D eigenvalue weighted by atomic mass is 10.3. The second-order valence-electron chi connectivity index (χ2n) is 3.53. The molecule has 16 heavy (non-hydrogen) atoms. The molecule has 0 radical (unpaired) electrons. The third-order valence-corrected chi connectivity index (χ3v) is 3.89. The summed E-state index contributed by atoms with van der Waals surface area (Å²) in [5.74, 6) is 0. The molecule has 0 spiro atoms. The smallest absolute Gasteiger partial charge is 0.109 e. The second kappa shape index (κ2) is 4.93. The lowest BCUT2D eigenvalue weighted by Gasteiger charge is -2.05. The van der Waals surface area contributed by atoms with E-state index in [1.807, 2.05) is 26.2 Å². The highest BCUT2D eigenvalue weighted by atomic mass is 79.9. The fraction of sp³-hybridized carbons (Fsp3) is 0.273. The largest absolute Gasteiger partial charge is 0.379 e. The minimum atomic E-state index is 0.800. The van der Waals surface area contributed by atoms with Gasteiger partial charge in [-0.25, -0.2) is 9.97 Å². The summed E-state index contributed by atoms with van der Waals surface area (Å²) in [4.78, 5) is 9.69. The maximum Gasteiger partial charge on any atom is 0.109 e. The van der Waals surface area contributed by atoms with Crippen LogP contribution in [0.5, 0.6) is 0 Å². The Hall–Kier alpha value is -0.940. The topological polar surface area (TPSA) is 37.8 Å². The van der Waals surface area contributed by atoms with E-state index < -0.39 is 0 Å². The van der Waals surface area contributed by atoms with E-state index in [0.717, 1.165) is 27.4 Å². The first-order chi connectivity index (χ1) is 7.65. The predicted octanol–water partition coefficient (Wildman–Crippen LogP) is 3.53. The molecule has 2 aromatic rings. The molecule has 84 valence electrons. The monoisotopic (exact) mass is 297 g/mol. The van der Waals surface area contributed by atoms with Gasteiger partial charge >= 0.3 is 0 Å². The van der Waals surface area contributed by atoms with E-state index in [-0.39, 0.29) is 0 Å². The minimum Gasteiger partial charge on any atom is -0.379 e. The van der Waals surface area contributed by atoms with Crippen LogP contribution in [0.3, 0.4) is 0 Å². The maximum atomic E-state index is 4.24. The molecule has 2 heterocycles. The Bertz CT molecular complexity index is 496. The fourth-order valence-corrected chi connectivity index (χ4v) is 2.28. The Morgan fingerprint density at radius 2 is 2.12 bits per heavy atom. The molecule has 0 aliphatic carbocycles. The summed E-state index contributed by atoms with van der Waals surface area (Å²) in [5.41, 5.74) is 2.16. The normalized spacial score (nSPS) is 10.4. The van der Waals surface area contributed by atoms with Crippen molar-refractivity contribution >= 4 is 33.0 Å². The van der Waals surface area contributed by atoms with Gasteiger partial charge in [0.05, 0.1) is 23.4 Å². The van der Waals surface area contributed by atoms with Crippen molar-refractivity contribution in [2.24, 2.45) is 0 Å². The van der Waals surface area contributed by atoms with E-state index >= 15 is 0 Å². The van der Waals surface area contributed by atoms with Gasteiger partial charge in [0.2, 0.25) is 0 Å². The highest BCUT2D eigenvalue weighted by Crippen LogP contribution is 2.18. The summed E-state index contributed by atoms with van der Waals surface area (Å²) >= 11 is 5.09. The number of hydrogen-bond acceptors (Lipinski definition) is 4. The first-order valence-corrected chi connectivity index (χ1v) is 6.53. The summed E-state index contributed by atoms with van der Waals surface area (Å²) in [5, 5.41) is 4.43. The zero-order chi connectivity index (χ0) is 11.5. The average molecular weight is 298 g/mol. The van der Waals surface area contributed by atoms with Gasteiger partial charge in [-0.15, -0.1) is 11.3 Å². The standard InChI is InChI=1S/C11H12BrN3S/c1-7-3-9(4-15-11(7)12)14-6-10-5-13-8(2)16-10/h3-5,14H,6H2,1-2H3. The average Bonchev–Trinajstić information content (AvgIpc) is 2.66. The number of nitrogens with one attached hydrogen (secondary N) is 1. The summed E-state index contributed by atoms with van der Waals surface area (Å²) < 4.78 is 0.895. The molecule has 0 unspecified atom stereocenters. The van der Waals surface area contributed by atoms with E-state index in [9.17, 15) is 0 Å². The number of anilines is 1. The lowest BCUT2D eigenvalue weighted by molar-refractivity contribution is 1.14. The van der Waals surface area contributed by atoms with Crippen LogP contribution in [0.25, 0.3) is 0 Å². The van der Waals surface area contributed by atoms with Gasteiger partial charge in [-0.1, -0.05) is 0 Å². The zero-order valence-electron chi connectivity index (χ0n) is 9.12. The number of hydrogen-bond donors (Lipinski definition) is 1. The highest BCUT2D eigenvalue weighted by Gasteiger charge is 2.00. The number of nitrogens with zero attached hydrogens (tertiary/aromatic N) is 2. The van der Waals surface area contributed by atoms with Crippen molar-refractivity contribution < 1.29 is 0 Å². The van der Waals surface area contributed by atoms with Gasteiger partial charge in [-0.3, -0.25) is 0 Å². The van der Waals surface area contributed by atoms with E-state index in [4.69, 9.17) is 0 Å². The third kappa shape index (κ3) is 2.80. The zero-order valence-corrected chi connectivity index (χ0v) is 11.5. The van der Waals surface area contributed by atoms with Crippen molar-refractivity contribution in [3.8, 4) is 0 Å². The predicted molar refractivity (Wildman–Crippen MR) is 70.9 cm³/mol. The Morgan fingerprint density at radius 3 is 2.75 bits per heavy atom. The first kappa shape index (κ1) is 11.5. The number of rotatable bonds is 3. The molecule has 3 nitrogen and oxygen atoms in total. The SMILES string of the molecule is Cc1ncc(CNc2cnc(Br)c(C)c2)s1. The van der Waals surface area contributed by atoms with Crippen LogP contribution in [0.15, 0.2) is 23.1 Å². The molecule has 0 amide bonds. The minimum absolute atomic E-state index is 0.800. The van der Waals surface area contributed by atoms with E-state index in [1.54, 1.807) is 11.3 Å². The van der Waals surface area contributed by atoms with Gasteiger partial charge in [0.1, 0.15) is 4.60 Å². The quantitative estimate of drug-likeness (QED) is 0.881. The van der Waals surface area contributed by atoms with Gasteiger partial charge in [-0.05, 0) is 41.4 Å². The molecule has 0 saturated carbocycles. The van der Waals surface area contributed by atoms with Gasteiger partial charge in [0.25, 0.3) is 0 Å². The number of aromatic nitrogens is 2. The number of pyridine rings is 1. The number of halogens is 1. The van der Waals surface area contributed by atoms with Crippen LogP contribution < -0.4 is 5.32 Å². The molecular weight excluding hydrogens is 286 g/mol. The molecule has 5 heteroatoms. The van der Waals surface area contributed by atoms with Crippen LogP contribution in [0, 0.1) is 13.8 Å². The molecule has 0 aliphatic heterocycles. The first-order valence-electron chi connectivity index (χ1n) is 4.92. The molecular formula is C11H12BrN3S. The Kier molecular flexibility index (Phi) is 3.56. The maximum absolute atomic E-state index is 4.24. The Balaban J connectivity index is 2.02. The van der Waals surface area contributed by atoms with Crippen LogP contribution in [-0.4, -0.2) is 9.97 Å². The van der Waals surface area contributed by atoms with Gasteiger partial charge in [-0.2, -0.15) is 0 Å². The fourth-order valence-electron chi connectivity index (χ4n) is 1.33. The second-order valence-corrected chi connectivity index (χ2v) is 5.60. The van der Waals surface area contributed by atoms with Crippen molar-refractivity contribution in [2.45, 2.75) is 20.4 Å². The molecule has 0 fully saturated rings. The lowest BCUT2D eigenvalue weighted by Crippen LogP contribution is -1.98. The molecule has 2 aromatic heterocycles. The third-order valence-electron chi connectivity index (χ3n) is 2.15. The molecule has 0 aliphatic rings. The highest BCUT2D eigenvalue weighted by molar-refractivity contribution is 9.10. The summed E-state index contributed by atoms with van der Waals surface area (Å²) in [6.07, 6.45) is 3.73. The molecule has 0 bridgehead atoms. The number of aryl methyl sites for hydroxylation is 2. The van der Waals surface area contributed by atoms with Crippen molar-refractivity contribution in [1.29, 1.82) is 0 Å². The summed E-state index contributed by atoms with van der Waals surface area (Å²) in [7, 11) is 0. The summed E-state index contributed by atoms with van der Waals surface area (Å²) in [6.45, 7) is 4.84. The van der Waals surface area contributed by atoms with Gasteiger partial charge in [0, 0.05) is 11.1 Å². The van der Waals surface area contributed by atoms with Crippen LogP contribution in [0.4, 0.5) is 5.69 Å². The van der Waals surface area contributed by atoms with E-state index in [2.05, 4.69) is 37.3 Å². The van der Waals surface area contributed by atoms with Crippen LogP contribution in [0.1, 0.15) is 15.4 Å². The van der Waals surface area contributed by atoms with E-state index in [1.165, 1.54) is 4.88 Å². The van der Waals surface area contributed by atoms with Crippen LogP contribution >= 0.6 is 27.3 Å². The van der Waals surface area contributed by atoms with Gasteiger partial charge < -0.3 is 5.32 Å². The molecule has 0 atom stereocenters. The van der Waals surface area contributed by atoms with Crippen molar-refractivity contribution in [3.63, 3.8) is 0 Å². The Morgan fingerprint density at radius 1 is 1.31 bits per heavy atom. The van der Waals surface area contributed by atoms with Gasteiger partial charge in [0.15, 0.2) is 0 Å². The van der Waals surface area contributed by atoms with Crippen molar-refractivity contribution in [1.82, 2.24) is 9.97 Å². The van der Waals surface area contributed by atoms with Crippen molar-refractivity contribution in [3.05, 3.63) is 38.5 Å². The molecule has 0 saturated heterocycles. The van der Waals surface area contributed by atoms with Crippen LogP contribution in [-0.2, 0) is 6.54 Å². The Labute approximate surface area is 107 Å². The summed E-state index contributed by atoms with van der Waals surface area (Å²) in [6, 6.07) is 2.07. The molecule has 0 aromatic carbocycles. The molecule has 1 N–H and O–H groups in total. The van der Waals surface area contributed by atoms with Crippen LogP contribution in [0.2, 0.25) is 0 Å².